The Balaban J connectivity index is 1.42. The van der Waals surface area contributed by atoms with Gasteiger partial charge in [-0.3, -0.25) is 14.6 Å². The third kappa shape index (κ3) is 4.13. The van der Waals surface area contributed by atoms with Gasteiger partial charge < -0.3 is 4.52 Å². The zero-order valence-corrected chi connectivity index (χ0v) is 16.3. The largest absolute Gasteiger partial charge is 0.435 e. The predicted octanol–water partition coefficient (Wildman–Crippen LogP) is 3.92. The summed E-state index contributed by atoms with van der Waals surface area (Å²) in [6, 6.07) is 5.45. The zero-order valence-electron chi connectivity index (χ0n) is 15.5. The van der Waals surface area contributed by atoms with E-state index >= 15 is 0 Å². The summed E-state index contributed by atoms with van der Waals surface area (Å²) in [5.41, 5.74) is -0.287. The van der Waals surface area contributed by atoms with Gasteiger partial charge >= 0.3 is 6.18 Å². The Hall–Kier alpha value is -2.46. The first-order valence-electron chi connectivity index (χ1n) is 9.09. The van der Waals surface area contributed by atoms with Crippen molar-refractivity contribution >= 4 is 11.6 Å². The lowest BCUT2D eigenvalue weighted by Crippen LogP contribution is -2.33. The normalized spacial score (nSPS) is 16.4. The maximum Gasteiger partial charge on any atom is 0.435 e. The van der Waals surface area contributed by atoms with Crippen LogP contribution in [-0.2, 0) is 19.8 Å². The number of hydrogen-bond donors (Lipinski definition) is 0. The molecule has 29 heavy (non-hydrogen) atoms. The number of piperidine rings is 1. The second-order valence-corrected chi connectivity index (χ2v) is 7.32. The lowest BCUT2D eigenvalue weighted by atomic mass is 9.96. The summed E-state index contributed by atoms with van der Waals surface area (Å²) in [7, 11) is 1.40. The van der Waals surface area contributed by atoms with E-state index in [2.05, 4.69) is 20.2 Å². The highest BCUT2D eigenvalue weighted by atomic mass is 35.5. The van der Waals surface area contributed by atoms with Gasteiger partial charge in [-0.05, 0) is 38.1 Å². The minimum Gasteiger partial charge on any atom is -0.339 e. The van der Waals surface area contributed by atoms with E-state index in [0.29, 0.717) is 43.3 Å². The Kier molecular flexibility index (Phi) is 5.30. The number of rotatable bonds is 4. The van der Waals surface area contributed by atoms with Gasteiger partial charge in [-0.25, -0.2) is 0 Å². The summed E-state index contributed by atoms with van der Waals surface area (Å²) in [6.07, 6.45) is -1.49. The molecule has 4 rings (SSSR count). The second-order valence-electron chi connectivity index (χ2n) is 6.96. The minimum absolute atomic E-state index is 0.00958. The Morgan fingerprint density at radius 1 is 1.24 bits per heavy atom. The van der Waals surface area contributed by atoms with Gasteiger partial charge in [0.05, 0.1) is 0 Å². The lowest BCUT2D eigenvalue weighted by Gasteiger charge is -2.30. The van der Waals surface area contributed by atoms with Crippen LogP contribution < -0.4 is 0 Å². The maximum atomic E-state index is 13.2. The molecule has 0 aromatic carbocycles. The van der Waals surface area contributed by atoms with E-state index in [-0.39, 0.29) is 23.2 Å². The molecule has 7 nitrogen and oxygen atoms in total. The number of hydrogen-bond acceptors (Lipinski definition) is 6. The van der Waals surface area contributed by atoms with Crippen LogP contribution in [-0.4, -0.2) is 42.9 Å². The fourth-order valence-corrected chi connectivity index (χ4v) is 3.66. The molecular weight excluding hydrogens is 409 g/mol. The minimum atomic E-state index is -4.54. The van der Waals surface area contributed by atoms with Crippen LogP contribution in [0.2, 0.25) is 5.15 Å². The molecule has 4 heterocycles. The number of nitrogens with zero attached hydrogens (tertiary/aromatic N) is 6. The SMILES string of the molecule is Cn1nc(C(F)(F)F)c(CN2CCC(c3nc(-c4ccccn4)no3)CC2)c1Cl. The summed E-state index contributed by atoms with van der Waals surface area (Å²) < 4.78 is 46.2. The quantitative estimate of drug-likeness (QED) is 0.629. The number of aromatic nitrogens is 5. The van der Waals surface area contributed by atoms with Gasteiger partial charge in [-0.15, -0.1) is 0 Å². The predicted molar refractivity (Wildman–Crippen MR) is 98.0 cm³/mol. The third-order valence-corrected chi connectivity index (χ3v) is 5.46. The Morgan fingerprint density at radius 2 is 2.00 bits per heavy atom. The molecule has 0 N–H and O–H groups in total. The van der Waals surface area contributed by atoms with E-state index in [1.165, 1.54) is 7.05 Å². The summed E-state index contributed by atoms with van der Waals surface area (Å²) >= 11 is 6.06. The zero-order chi connectivity index (χ0) is 20.6. The smallest absolute Gasteiger partial charge is 0.339 e. The van der Waals surface area contributed by atoms with Crippen molar-refractivity contribution in [3.63, 3.8) is 0 Å². The summed E-state index contributed by atoms with van der Waals surface area (Å²) in [5, 5.41) is 7.53. The molecule has 11 heteroatoms. The van der Waals surface area contributed by atoms with Crippen LogP contribution in [0.15, 0.2) is 28.9 Å². The van der Waals surface area contributed by atoms with Crippen LogP contribution in [0.4, 0.5) is 13.2 Å². The third-order valence-electron chi connectivity index (χ3n) is 4.99. The fourth-order valence-electron chi connectivity index (χ4n) is 3.48. The van der Waals surface area contributed by atoms with Crippen molar-refractivity contribution in [2.45, 2.75) is 31.5 Å². The van der Waals surface area contributed by atoms with E-state index in [9.17, 15) is 13.2 Å². The molecule has 154 valence electrons. The van der Waals surface area contributed by atoms with Gasteiger partial charge in [0.25, 0.3) is 0 Å². The highest BCUT2D eigenvalue weighted by molar-refractivity contribution is 6.30. The van der Waals surface area contributed by atoms with Crippen molar-refractivity contribution in [2.75, 3.05) is 13.1 Å². The van der Waals surface area contributed by atoms with Gasteiger partial charge in [0.2, 0.25) is 11.7 Å². The van der Waals surface area contributed by atoms with Gasteiger partial charge in [-0.1, -0.05) is 22.8 Å². The Bertz CT molecular complexity index is 979. The first-order chi connectivity index (χ1) is 13.8. The number of alkyl halides is 3. The van der Waals surface area contributed by atoms with Gasteiger partial charge in [0.15, 0.2) is 5.69 Å². The van der Waals surface area contributed by atoms with Crippen molar-refractivity contribution in [3.8, 4) is 11.5 Å². The van der Waals surface area contributed by atoms with Crippen LogP contribution in [0.25, 0.3) is 11.5 Å². The van der Waals surface area contributed by atoms with E-state index in [1.54, 1.807) is 18.3 Å². The second kappa shape index (κ2) is 7.75. The lowest BCUT2D eigenvalue weighted by molar-refractivity contribution is -0.142. The van der Waals surface area contributed by atoms with Gasteiger partial charge in [0.1, 0.15) is 10.8 Å². The summed E-state index contributed by atoms with van der Waals surface area (Å²) in [5.74, 6) is 1.02. The molecule has 0 unspecified atom stereocenters. The highest BCUT2D eigenvalue weighted by Crippen LogP contribution is 2.36. The van der Waals surface area contributed by atoms with Crippen LogP contribution in [0, 0.1) is 0 Å². The van der Waals surface area contributed by atoms with E-state index in [1.807, 2.05) is 11.0 Å². The van der Waals surface area contributed by atoms with Crippen LogP contribution in [0.3, 0.4) is 0 Å². The van der Waals surface area contributed by atoms with Crippen molar-refractivity contribution in [3.05, 3.63) is 46.7 Å². The van der Waals surface area contributed by atoms with Crippen molar-refractivity contribution in [1.29, 1.82) is 0 Å². The van der Waals surface area contributed by atoms with Crippen LogP contribution in [0.5, 0.6) is 0 Å². The maximum absolute atomic E-state index is 13.2. The molecule has 0 bridgehead atoms. The monoisotopic (exact) mass is 426 g/mol. The number of likely N-dealkylation sites (tertiary alicyclic amines) is 1. The van der Waals surface area contributed by atoms with Crippen LogP contribution >= 0.6 is 11.6 Å². The number of halogens is 4. The van der Waals surface area contributed by atoms with Crippen molar-refractivity contribution in [1.82, 2.24) is 29.8 Å². The number of pyridine rings is 1. The summed E-state index contributed by atoms with van der Waals surface area (Å²) in [4.78, 5) is 10.6. The van der Waals surface area contributed by atoms with Gasteiger partial charge in [0, 0.05) is 31.3 Å². The molecule has 0 atom stereocenters. The molecule has 0 spiro atoms. The Labute approximate surface area is 169 Å². The first-order valence-corrected chi connectivity index (χ1v) is 9.46. The van der Waals surface area contributed by atoms with Gasteiger partial charge in [-0.2, -0.15) is 23.3 Å². The van der Waals surface area contributed by atoms with Crippen molar-refractivity contribution < 1.29 is 17.7 Å². The molecule has 3 aromatic heterocycles. The van der Waals surface area contributed by atoms with Crippen molar-refractivity contribution in [2.24, 2.45) is 7.05 Å². The molecule has 1 aliphatic heterocycles. The molecule has 3 aromatic rings. The standard InChI is InChI=1S/C18H18ClF3N6O/c1-27-15(19)12(14(25-27)18(20,21)22)10-28-8-5-11(6-9-28)17-24-16(26-29-17)13-4-2-3-7-23-13/h2-4,7,11H,5-6,8-10H2,1H3. The average molecular weight is 427 g/mol. The fraction of sp³-hybridized carbons (Fsp3) is 0.444. The molecule has 0 saturated carbocycles. The molecular formula is C18H18ClF3N6O. The molecule has 0 aliphatic carbocycles. The first kappa shape index (κ1) is 19.8. The van der Waals surface area contributed by atoms with E-state index < -0.39 is 11.9 Å². The highest BCUT2D eigenvalue weighted by Gasteiger charge is 2.39. The number of aryl methyl sites for hydroxylation is 1. The van der Waals surface area contributed by atoms with E-state index in [4.69, 9.17) is 16.1 Å². The molecule has 1 aliphatic rings. The van der Waals surface area contributed by atoms with E-state index in [0.717, 1.165) is 4.68 Å². The molecule has 1 saturated heterocycles. The molecule has 0 radical (unpaired) electrons. The molecule has 0 amide bonds. The van der Waals surface area contributed by atoms with Crippen LogP contribution in [0.1, 0.15) is 35.9 Å². The topological polar surface area (TPSA) is 72.9 Å². The average Bonchev–Trinajstić information content (AvgIpc) is 3.30. The Morgan fingerprint density at radius 3 is 2.66 bits per heavy atom. The molecule has 1 fully saturated rings. The summed E-state index contributed by atoms with van der Waals surface area (Å²) in [6.45, 7) is 1.28.